The van der Waals surface area contributed by atoms with Gasteiger partial charge in [-0.05, 0) is 5.92 Å². The van der Waals surface area contributed by atoms with Crippen LogP contribution in [0.5, 0.6) is 0 Å². The molecule has 16 heavy (non-hydrogen) atoms. The molecule has 2 N–H and O–H groups in total. The smallest absolute Gasteiger partial charge is 0.306 e. The summed E-state index contributed by atoms with van der Waals surface area (Å²) >= 11 is 0. The number of aliphatic hydroxyl groups excluding tert-OH is 1. The Balaban J connectivity index is 4.28. The van der Waals surface area contributed by atoms with Gasteiger partial charge < -0.3 is 9.84 Å². The van der Waals surface area contributed by atoms with E-state index in [0.29, 0.717) is 0 Å². The van der Waals surface area contributed by atoms with E-state index in [1.54, 1.807) is 13.8 Å². The summed E-state index contributed by atoms with van der Waals surface area (Å²) in [5.74, 6) is -0.920. The fourth-order valence-electron chi connectivity index (χ4n) is 0.993. The van der Waals surface area contributed by atoms with Gasteiger partial charge in [0.15, 0.2) is 0 Å². The number of sulfonamides is 1. The van der Waals surface area contributed by atoms with E-state index in [0.717, 1.165) is 0 Å². The Bertz CT molecular complexity index is 312. The van der Waals surface area contributed by atoms with Crippen molar-refractivity contribution < 1.29 is 23.1 Å². The number of rotatable bonds is 7. The molecule has 0 aromatic heterocycles. The van der Waals surface area contributed by atoms with E-state index in [9.17, 15) is 13.2 Å². The van der Waals surface area contributed by atoms with E-state index in [1.807, 2.05) is 0 Å². The zero-order valence-corrected chi connectivity index (χ0v) is 10.6. The number of hydrogen-bond donors (Lipinski definition) is 2. The number of carbonyl (C=O) groups excluding carboxylic acids is 1. The molecule has 96 valence electrons. The van der Waals surface area contributed by atoms with Crippen molar-refractivity contribution in [3.63, 3.8) is 0 Å². The van der Waals surface area contributed by atoms with Crippen molar-refractivity contribution in [2.75, 3.05) is 19.5 Å². The molecule has 0 fully saturated rings. The maximum Gasteiger partial charge on any atom is 0.306 e. The molecule has 0 aliphatic carbocycles. The molecule has 0 saturated carbocycles. The summed E-state index contributed by atoms with van der Waals surface area (Å²) in [4.78, 5) is 10.8. The number of esters is 1. The third-order valence-corrected chi connectivity index (χ3v) is 3.54. The number of hydrogen-bond acceptors (Lipinski definition) is 5. The van der Waals surface area contributed by atoms with E-state index in [1.165, 1.54) is 7.11 Å². The Morgan fingerprint density at radius 3 is 2.38 bits per heavy atom. The van der Waals surface area contributed by atoms with E-state index < -0.39 is 22.0 Å². The second kappa shape index (κ2) is 6.82. The Kier molecular flexibility index (Phi) is 6.54. The first kappa shape index (κ1) is 15.3. The average Bonchev–Trinajstić information content (AvgIpc) is 2.22. The molecule has 0 aliphatic rings. The summed E-state index contributed by atoms with van der Waals surface area (Å²) in [6, 6.07) is -0.525. The van der Waals surface area contributed by atoms with Gasteiger partial charge in [-0.2, -0.15) is 0 Å². The van der Waals surface area contributed by atoms with Crippen LogP contribution in [0, 0.1) is 5.92 Å². The molecule has 0 unspecified atom stereocenters. The molecule has 1 atom stereocenters. The van der Waals surface area contributed by atoms with Gasteiger partial charge in [-0.15, -0.1) is 0 Å². The molecule has 0 heterocycles. The van der Waals surface area contributed by atoms with Gasteiger partial charge in [-0.1, -0.05) is 13.8 Å². The number of nitrogens with one attached hydrogen (secondary N) is 1. The monoisotopic (exact) mass is 253 g/mol. The summed E-state index contributed by atoms with van der Waals surface area (Å²) in [5, 5.41) is 8.96. The van der Waals surface area contributed by atoms with Gasteiger partial charge in [0.1, 0.15) is 0 Å². The Morgan fingerprint density at radius 2 is 2.00 bits per heavy atom. The van der Waals surface area contributed by atoms with Crippen molar-refractivity contribution in [2.45, 2.75) is 26.3 Å². The highest BCUT2D eigenvalue weighted by atomic mass is 32.2. The van der Waals surface area contributed by atoms with Crippen molar-refractivity contribution in [3.8, 4) is 0 Å². The summed E-state index contributed by atoms with van der Waals surface area (Å²) in [6.07, 6.45) is -0.192. The molecular weight excluding hydrogens is 234 g/mol. The van der Waals surface area contributed by atoms with Gasteiger partial charge in [0.25, 0.3) is 0 Å². The highest BCUT2D eigenvalue weighted by molar-refractivity contribution is 7.89. The largest absolute Gasteiger partial charge is 0.469 e. The van der Waals surface area contributed by atoms with Crippen LogP contribution in [0.4, 0.5) is 0 Å². The number of ether oxygens (including phenoxy) is 1. The molecule has 0 rings (SSSR count). The SMILES string of the molecule is COC(=O)CCS(=O)(=O)N[C@H](CO)C(C)C. The third kappa shape index (κ3) is 6.04. The van der Waals surface area contributed by atoms with Crippen LogP contribution in [0.1, 0.15) is 20.3 Å². The first-order valence-electron chi connectivity index (χ1n) is 5.00. The normalized spacial score (nSPS) is 13.8. The molecule has 0 aromatic carbocycles. The molecule has 0 saturated heterocycles. The van der Waals surface area contributed by atoms with E-state index >= 15 is 0 Å². The molecular formula is C9H19NO5S. The van der Waals surface area contributed by atoms with Crippen LogP contribution in [-0.2, 0) is 19.6 Å². The molecule has 0 aliphatic heterocycles. The molecule has 0 bridgehead atoms. The fourth-order valence-corrected chi connectivity index (χ4v) is 2.35. The quantitative estimate of drug-likeness (QED) is 0.596. The summed E-state index contributed by atoms with van der Waals surface area (Å²) < 4.78 is 29.7. The molecule has 7 heteroatoms. The van der Waals surface area contributed by atoms with E-state index in [2.05, 4.69) is 9.46 Å². The van der Waals surface area contributed by atoms with Crippen molar-refractivity contribution in [3.05, 3.63) is 0 Å². The van der Waals surface area contributed by atoms with Crippen LogP contribution in [0.3, 0.4) is 0 Å². The fraction of sp³-hybridized carbons (Fsp3) is 0.889. The predicted molar refractivity (Wildman–Crippen MR) is 59.3 cm³/mol. The van der Waals surface area contributed by atoms with Crippen LogP contribution in [0.2, 0.25) is 0 Å². The number of carbonyl (C=O) groups is 1. The maximum absolute atomic E-state index is 11.5. The molecule has 0 aromatic rings. The van der Waals surface area contributed by atoms with Gasteiger partial charge >= 0.3 is 5.97 Å². The van der Waals surface area contributed by atoms with Crippen LogP contribution >= 0.6 is 0 Å². The lowest BCUT2D eigenvalue weighted by atomic mass is 10.1. The molecule has 0 amide bonds. The van der Waals surface area contributed by atoms with Gasteiger partial charge in [0.05, 0.1) is 25.9 Å². The predicted octanol–water partition coefficient (Wildman–Crippen LogP) is -0.514. The lowest BCUT2D eigenvalue weighted by Gasteiger charge is -2.19. The third-order valence-electron chi connectivity index (χ3n) is 2.13. The number of methoxy groups -OCH3 is 1. The minimum atomic E-state index is -3.55. The van der Waals surface area contributed by atoms with E-state index in [4.69, 9.17) is 5.11 Å². The van der Waals surface area contributed by atoms with Crippen LogP contribution in [-0.4, -0.2) is 45.0 Å². The summed E-state index contributed by atoms with van der Waals surface area (Å²) in [6.45, 7) is 3.32. The van der Waals surface area contributed by atoms with Crippen molar-refractivity contribution >= 4 is 16.0 Å². The second-order valence-electron chi connectivity index (χ2n) is 3.80. The van der Waals surface area contributed by atoms with Crippen molar-refractivity contribution in [2.24, 2.45) is 5.92 Å². The highest BCUT2D eigenvalue weighted by Crippen LogP contribution is 2.03. The maximum atomic E-state index is 11.5. The van der Waals surface area contributed by atoms with Gasteiger partial charge in [0, 0.05) is 6.04 Å². The summed E-state index contributed by atoms with van der Waals surface area (Å²) in [5.41, 5.74) is 0. The van der Waals surface area contributed by atoms with Crippen molar-refractivity contribution in [1.29, 1.82) is 0 Å². The van der Waals surface area contributed by atoms with Crippen molar-refractivity contribution in [1.82, 2.24) is 4.72 Å². The second-order valence-corrected chi connectivity index (χ2v) is 5.67. The topological polar surface area (TPSA) is 92.7 Å². The first-order valence-corrected chi connectivity index (χ1v) is 6.65. The minimum Gasteiger partial charge on any atom is -0.469 e. The zero-order chi connectivity index (χ0) is 12.8. The lowest BCUT2D eigenvalue weighted by molar-refractivity contribution is -0.140. The Labute approximate surface area is 96.0 Å². The Hall–Kier alpha value is -0.660. The standard InChI is InChI=1S/C9H19NO5S/c1-7(2)8(6-11)10-16(13,14)5-4-9(12)15-3/h7-8,10-11H,4-6H2,1-3H3/t8-/m1/s1. The molecule has 6 nitrogen and oxygen atoms in total. The van der Waals surface area contributed by atoms with Gasteiger partial charge in [-0.25, -0.2) is 13.1 Å². The highest BCUT2D eigenvalue weighted by Gasteiger charge is 2.20. The summed E-state index contributed by atoms with van der Waals surface area (Å²) in [7, 11) is -2.35. The zero-order valence-electron chi connectivity index (χ0n) is 9.76. The average molecular weight is 253 g/mol. The van der Waals surface area contributed by atoms with Crippen LogP contribution in [0.25, 0.3) is 0 Å². The first-order chi connectivity index (χ1) is 7.32. The van der Waals surface area contributed by atoms with E-state index in [-0.39, 0.29) is 24.7 Å². The van der Waals surface area contributed by atoms with Crippen LogP contribution in [0.15, 0.2) is 0 Å². The Morgan fingerprint density at radius 1 is 1.44 bits per heavy atom. The molecule has 0 spiro atoms. The molecule has 0 radical (unpaired) electrons. The minimum absolute atomic E-state index is 0.0158. The lowest BCUT2D eigenvalue weighted by Crippen LogP contribution is -2.42. The number of aliphatic hydroxyl groups is 1. The van der Waals surface area contributed by atoms with Crippen LogP contribution < -0.4 is 4.72 Å². The van der Waals surface area contributed by atoms with Gasteiger partial charge in [-0.3, -0.25) is 4.79 Å². The van der Waals surface area contributed by atoms with Gasteiger partial charge in [0.2, 0.25) is 10.0 Å².